The number of hydrogen-bond donors (Lipinski definition) is 1. The molecule has 0 unspecified atom stereocenters. The molecule has 0 saturated carbocycles. The number of ether oxygens (including phenoxy) is 2. The van der Waals surface area contributed by atoms with Gasteiger partial charge in [0.25, 0.3) is 0 Å². The molecule has 0 spiro atoms. The van der Waals surface area contributed by atoms with Gasteiger partial charge >= 0.3 is 0 Å². The van der Waals surface area contributed by atoms with Crippen LogP contribution in [0.25, 0.3) is 11.4 Å². The molecule has 1 heterocycles. The fraction of sp³-hybridized carbons (Fsp3) is 0.286. The van der Waals surface area contributed by atoms with Crippen LogP contribution in [0.4, 0.5) is 5.69 Å². The summed E-state index contributed by atoms with van der Waals surface area (Å²) in [4.78, 5) is 12.4. The second-order valence-corrected chi connectivity index (χ2v) is 7.46. The van der Waals surface area contributed by atoms with Crippen LogP contribution < -0.4 is 14.8 Å². The first-order valence-corrected chi connectivity index (χ1v) is 10.0. The van der Waals surface area contributed by atoms with Crippen LogP contribution in [0.5, 0.6) is 11.5 Å². The molecule has 3 aromatic rings. The van der Waals surface area contributed by atoms with Crippen LogP contribution in [0.3, 0.4) is 0 Å². The highest BCUT2D eigenvalue weighted by atomic mass is 32.2. The van der Waals surface area contributed by atoms with E-state index >= 15 is 0 Å². The van der Waals surface area contributed by atoms with Crippen molar-refractivity contribution in [2.45, 2.75) is 19.0 Å². The molecule has 0 aliphatic carbocycles. The Morgan fingerprint density at radius 3 is 2.59 bits per heavy atom. The summed E-state index contributed by atoms with van der Waals surface area (Å²) < 4.78 is 12.5. The van der Waals surface area contributed by atoms with E-state index in [1.54, 1.807) is 14.2 Å². The first kappa shape index (κ1) is 20.7. The van der Waals surface area contributed by atoms with Gasteiger partial charge < -0.3 is 19.4 Å². The molecule has 1 aromatic heterocycles. The standard InChI is InChI=1S/C21H24N4O3S/c1-13-7-6-8-16(14(13)2)22-19(26)12-29-21-24-23-20(25(21)3)15-9-10-17(27-4)18(11-15)28-5/h6-11H,12H2,1-5H3,(H,22,26). The molecule has 0 aliphatic rings. The van der Waals surface area contributed by atoms with Crippen molar-refractivity contribution in [3.8, 4) is 22.9 Å². The molecule has 152 valence electrons. The highest BCUT2D eigenvalue weighted by Crippen LogP contribution is 2.32. The van der Waals surface area contributed by atoms with Crippen molar-refractivity contribution in [1.82, 2.24) is 14.8 Å². The van der Waals surface area contributed by atoms with Gasteiger partial charge in [-0.25, -0.2) is 0 Å². The second kappa shape index (κ2) is 9.00. The first-order valence-electron chi connectivity index (χ1n) is 9.05. The van der Waals surface area contributed by atoms with Crippen molar-refractivity contribution >= 4 is 23.4 Å². The lowest BCUT2D eigenvalue weighted by Crippen LogP contribution is -2.15. The number of aromatic nitrogens is 3. The van der Waals surface area contributed by atoms with Crippen LogP contribution in [-0.4, -0.2) is 40.6 Å². The van der Waals surface area contributed by atoms with Crippen LogP contribution in [0.15, 0.2) is 41.6 Å². The van der Waals surface area contributed by atoms with E-state index < -0.39 is 0 Å². The number of carbonyl (C=O) groups is 1. The smallest absolute Gasteiger partial charge is 0.234 e. The highest BCUT2D eigenvalue weighted by molar-refractivity contribution is 7.99. The quantitative estimate of drug-likeness (QED) is 0.594. The summed E-state index contributed by atoms with van der Waals surface area (Å²) in [5, 5.41) is 12.1. The minimum absolute atomic E-state index is 0.0839. The van der Waals surface area contributed by atoms with Crippen molar-refractivity contribution in [3.05, 3.63) is 47.5 Å². The Morgan fingerprint density at radius 1 is 1.10 bits per heavy atom. The predicted molar refractivity (Wildman–Crippen MR) is 115 cm³/mol. The lowest BCUT2D eigenvalue weighted by Gasteiger charge is -2.10. The van der Waals surface area contributed by atoms with Crippen molar-refractivity contribution in [2.24, 2.45) is 7.05 Å². The van der Waals surface area contributed by atoms with Crippen LogP contribution in [0, 0.1) is 13.8 Å². The lowest BCUT2D eigenvalue weighted by molar-refractivity contribution is -0.113. The lowest BCUT2D eigenvalue weighted by atomic mass is 10.1. The maximum absolute atomic E-state index is 12.4. The van der Waals surface area contributed by atoms with Gasteiger partial charge in [-0.15, -0.1) is 10.2 Å². The summed E-state index contributed by atoms with van der Waals surface area (Å²) in [7, 11) is 5.06. The number of anilines is 1. The molecule has 7 nitrogen and oxygen atoms in total. The SMILES string of the molecule is COc1ccc(-c2nnc(SCC(=O)Nc3cccc(C)c3C)n2C)cc1OC. The zero-order chi connectivity index (χ0) is 21.0. The Labute approximate surface area is 174 Å². The molecule has 0 fully saturated rings. The molecule has 8 heteroatoms. The summed E-state index contributed by atoms with van der Waals surface area (Å²) in [6.07, 6.45) is 0. The van der Waals surface area contributed by atoms with Crippen LogP contribution >= 0.6 is 11.8 Å². The van der Waals surface area contributed by atoms with Gasteiger partial charge in [-0.3, -0.25) is 4.79 Å². The molecule has 0 atom stereocenters. The van der Waals surface area contributed by atoms with E-state index in [0.29, 0.717) is 22.5 Å². The number of hydrogen-bond acceptors (Lipinski definition) is 6. The fourth-order valence-electron chi connectivity index (χ4n) is 2.87. The number of aryl methyl sites for hydroxylation is 1. The van der Waals surface area contributed by atoms with Gasteiger partial charge in [-0.05, 0) is 49.2 Å². The Balaban J connectivity index is 1.70. The minimum atomic E-state index is -0.0839. The number of amides is 1. The molecule has 3 rings (SSSR count). The molecule has 1 N–H and O–H groups in total. The molecular formula is C21H24N4O3S. The maximum atomic E-state index is 12.4. The average Bonchev–Trinajstić information content (AvgIpc) is 3.09. The van der Waals surface area contributed by atoms with E-state index in [0.717, 1.165) is 22.4 Å². The fourth-order valence-corrected chi connectivity index (χ4v) is 3.58. The molecule has 1 amide bonds. The number of thioether (sulfide) groups is 1. The minimum Gasteiger partial charge on any atom is -0.493 e. The predicted octanol–water partition coefficient (Wildman–Crippen LogP) is 3.85. The summed E-state index contributed by atoms with van der Waals surface area (Å²) in [5.74, 6) is 2.11. The van der Waals surface area contributed by atoms with Gasteiger partial charge in [0.2, 0.25) is 5.91 Å². The van der Waals surface area contributed by atoms with Crippen LogP contribution in [-0.2, 0) is 11.8 Å². The number of rotatable bonds is 7. The molecule has 0 saturated heterocycles. The van der Waals surface area contributed by atoms with E-state index in [9.17, 15) is 4.79 Å². The summed E-state index contributed by atoms with van der Waals surface area (Å²) in [6, 6.07) is 11.4. The summed E-state index contributed by atoms with van der Waals surface area (Å²) in [5.41, 5.74) is 3.90. The Hall–Kier alpha value is -3.00. The summed E-state index contributed by atoms with van der Waals surface area (Å²) >= 11 is 1.34. The average molecular weight is 413 g/mol. The summed E-state index contributed by atoms with van der Waals surface area (Å²) in [6.45, 7) is 4.02. The largest absolute Gasteiger partial charge is 0.493 e. The molecule has 0 aliphatic heterocycles. The van der Waals surface area contributed by atoms with Gasteiger partial charge in [0.1, 0.15) is 0 Å². The third-order valence-corrected chi connectivity index (χ3v) is 5.71. The number of benzene rings is 2. The number of carbonyl (C=O) groups excluding carboxylic acids is 1. The van der Waals surface area contributed by atoms with Gasteiger partial charge in [-0.1, -0.05) is 23.9 Å². The third kappa shape index (κ3) is 4.54. The molecule has 2 aromatic carbocycles. The van der Waals surface area contributed by atoms with Crippen molar-refractivity contribution in [2.75, 3.05) is 25.3 Å². The van der Waals surface area contributed by atoms with E-state index in [-0.39, 0.29) is 11.7 Å². The van der Waals surface area contributed by atoms with E-state index in [2.05, 4.69) is 15.5 Å². The maximum Gasteiger partial charge on any atom is 0.234 e. The highest BCUT2D eigenvalue weighted by Gasteiger charge is 2.15. The molecule has 29 heavy (non-hydrogen) atoms. The Kier molecular flexibility index (Phi) is 6.43. The van der Waals surface area contributed by atoms with E-state index in [1.807, 2.05) is 61.9 Å². The Morgan fingerprint density at radius 2 is 1.86 bits per heavy atom. The number of nitrogens with one attached hydrogen (secondary N) is 1. The van der Waals surface area contributed by atoms with Gasteiger partial charge in [0.15, 0.2) is 22.5 Å². The van der Waals surface area contributed by atoms with Crippen LogP contribution in [0.2, 0.25) is 0 Å². The first-order chi connectivity index (χ1) is 13.9. The molecule has 0 radical (unpaired) electrons. The zero-order valence-electron chi connectivity index (χ0n) is 17.1. The van der Waals surface area contributed by atoms with Crippen molar-refractivity contribution in [1.29, 1.82) is 0 Å². The van der Waals surface area contributed by atoms with Gasteiger partial charge in [0, 0.05) is 18.3 Å². The van der Waals surface area contributed by atoms with Crippen molar-refractivity contribution in [3.63, 3.8) is 0 Å². The second-order valence-electron chi connectivity index (χ2n) is 6.52. The van der Waals surface area contributed by atoms with Crippen molar-refractivity contribution < 1.29 is 14.3 Å². The monoisotopic (exact) mass is 412 g/mol. The molecular weight excluding hydrogens is 388 g/mol. The van der Waals surface area contributed by atoms with Crippen LogP contribution in [0.1, 0.15) is 11.1 Å². The Bertz CT molecular complexity index is 1030. The number of nitrogens with zero attached hydrogens (tertiary/aromatic N) is 3. The van der Waals surface area contributed by atoms with E-state index in [1.165, 1.54) is 11.8 Å². The van der Waals surface area contributed by atoms with E-state index in [4.69, 9.17) is 9.47 Å². The topological polar surface area (TPSA) is 78.3 Å². The molecule has 0 bridgehead atoms. The zero-order valence-corrected chi connectivity index (χ0v) is 18.0. The normalized spacial score (nSPS) is 10.7. The third-order valence-electron chi connectivity index (χ3n) is 4.69. The number of methoxy groups -OCH3 is 2. The van der Waals surface area contributed by atoms with Gasteiger partial charge in [0.05, 0.1) is 20.0 Å². The van der Waals surface area contributed by atoms with Gasteiger partial charge in [-0.2, -0.15) is 0 Å².